The van der Waals surface area contributed by atoms with E-state index in [0.717, 1.165) is 0 Å². The van der Waals surface area contributed by atoms with Gasteiger partial charge in [0.05, 0.1) is 6.04 Å². The van der Waals surface area contributed by atoms with Gasteiger partial charge in [-0.3, -0.25) is 0 Å². The summed E-state index contributed by atoms with van der Waals surface area (Å²) in [7, 11) is 0. The minimum absolute atomic E-state index is 0.251. The van der Waals surface area contributed by atoms with Crippen molar-refractivity contribution in [2.45, 2.75) is 32.4 Å². The Morgan fingerprint density at radius 3 is 2.88 bits per heavy atom. The predicted molar refractivity (Wildman–Crippen MR) is 57.7 cm³/mol. The van der Waals surface area contributed by atoms with Gasteiger partial charge in [0.15, 0.2) is 0 Å². The van der Waals surface area contributed by atoms with Crippen LogP contribution in [0.3, 0.4) is 0 Å². The van der Waals surface area contributed by atoms with Gasteiger partial charge in [0, 0.05) is 12.6 Å². The zero-order valence-electron chi connectivity index (χ0n) is 9.69. The Morgan fingerprint density at radius 2 is 2.38 bits per heavy atom. The lowest BCUT2D eigenvalue weighted by Crippen LogP contribution is -2.36. The molecule has 1 rings (SSSR count). The Hall–Kier alpha value is -1.56. The molecule has 0 spiro atoms. The van der Waals surface area contributed by atoms with Crippen molar-refractivity contribution < 1.29 is 14.1 Å². The molecule has 0 radical (unpaired) electrons. The highest BCUT2D eigenvalue weighted by atomic mass is 16.6. The van der Waals surface area contributed by atoms with Gasteiger partial charge < -0.3 is 20.3 Å². The molecule has 1 amide bonds. The molecule has 0 aliphatic carbocycles. The lowest BCUT2D eigenvalue weighted by molar-refractivity contribution is 0.0524. The van der Waals surface area contributed by atoms with Crippen molar-refractivity contribution in [3.63, 3.8) is 0 Å². The molecule has 1 heterocycles. The van der Waals surface area contributed by atoms with Crippen LogP contribution < -0.4 is 11.1 Å². The van der Waals surface area contributed by atoms with Crippen molar-refractivity contribution in [1.29, 1.82) is 0 Å². The molecular formula is C10H17N3O3. The maximum Gasteiger partial charge on any atom is 0.407 e. The number of nitrogens with two attached hydrogens (primary N) is 1. The second-order valence-corrected chi connectivity index (χ2v) is 4.41. The predicted octanol–water partition coefficient (Wildman–Crippen LogP) is 1.20. The van der Waals surface area contributed by atoms with Crippen LogP contribution in [0.5, 0.6) is 0 Å². The van der Waals surface area contributed by atoms with Crippen LogP contribution >= 0.6 is 0 Å². The van der Waals surface area contributed by atoms with Crippen LogP contribution in [0.25, 0.3) is 0 Å². The van der Waals surface area contributed by atoms with Gasteiger partial charge in [-0.05, 0) is 20.8 Å². The van der Waals surface area contributed by atoms with Gasteiger partial charge in [0.25, 0.3) is 0 Å². The smallest absolute Gasteiger partial charge is 0.407 e. The average molecular weight is 227 g/mol. The molecule has 1 unspecified atom stereocenters. The highest BCUT2D eigenvalue weighted by molar-refractivity contribution is 5.67. The van der Waals surface area contributed by atoms with E-state index in [4.69, 9.17) is 10.5 Å². The van der Waals surface area contributed by atoms with E-state index in [-0.39, 0.29) is 6.54 Å². The van der Waals surface area contributed by atoms with Crippen LogP contribution in [0.1, 0.15) is 32.5 Å². The number of ether oxygens (including phenoxy) is 1. The fraction of sp³-hybridized carbons (Fsp3) is 0.600. The molecule has 90 valence electrons. The third-order valence-corrected chi connectivity index (χ3v) is 1.70. The molecule has 0 fully saturated rings. The SMILES string of the molecule is CC(C)(C)OC(=O)NCC(N)c1ccon1. The number of nitrogens with zero attached hydrogens (tertiary/aromatic N) is 1. The topological polar surface area (TPSA) is 90.4 Å². The Kier molecular flexibility index (Phi) is 3.89. The Labute approximate surface area is 94.1 Å². The van der Waals surface area contributed by atoms with Crippen LogP contribution in [0.4, 0.5) is 4.79 Å². The van der Waals surface area contributed by atoms with Gasteiger partial charge in [-0.15, -0.1) is 0 Å². The number of hydrogen-bond donors (Lipinski definition) is 2. The fourth-order valence-electron chi connectivity index (χ4n) is 1.03. The summed E-state index contributed by atoms with van der Waals surface area (Å²) in [4.78, 5) is 11.3. The minimum atomic E-state index is -0.512. The molecule has 6 heteroatoms. The third-order valence-electron chi connectivity index (χ3n) is 1.70. The fourth-order valence-corrected chi connectivity index (χ4v) is 1.03. The number of hydrogen-bond acceptors (Lipinski definition) is 5. The van der Waals surface area contributed by atoms with Crippen molar-refractivity contribution >= 4 is 6.09 Å². The Morgan fingerprint density at radius 1 is 1.69 bits per heavy atom. The minimum Gasteiger partial charge on any atom is -0.444 e. The molecule has 1 aromatic rings. The summed E-state index contributed by atoms with van der Waals surface area (Å²) in [6.45, 7) is 5.64. The van der Waals surface area contributed by atoms with Crippen molar-refractivity contribution in [2.75, 3.05) is 6.54 Å². The molecule has 0 aliphatic heterocycles. The first-order chi connectivity index (χ1) is 7.38. The number of rotatable bonds is 3. The molecule has 1 atom stereocenters. The molecule has 0 aromatic carbocycles. The molecule has 0 saturated carbocycles. The summed E-state index contributed by atoms with van der Waals surface area (Å²) >= 11 is 0. The number of carbonyl (C=O) groups is 1. The van der Waals surface area contributed by atoms with E-state index < -0.39 is 17.7 Å². The third kappa shape index (κ3) is 4.31. The number of aromatic nitrogens is 1. The first kappa shape index (κ1) is 12.5. The molecule has 3 N–H and O–H groups in total. The Bertz CT molecular complexity index is 330. The molecule has 1 aromatic heterocycles. The maximum atomic E-state index is 11.3. The molecular weight excluding hydrogens is 210 g/mol. The van der Waals surface area contributed by atoms with Crippen LogP contribution in [0, 0.1) is 0 Å². The van der Waals surface area contributed by atoms with Crippen LogP contribution in [0.2, 0.25) is 0 Å². The van der Waals surface area contributed by atoms with E-state index in [1.54, 1.807) is 26.8 Å². The average Bonchev–Trinajstić information content (AvgIpc) is 2.64. The van der Waals surface area contributed by atoms with Gasteiger partial charge in [0.2, 0.25) is 0 Å². The normalized spacial score (nSPS) is 13.2. The number of nitrogens with one attached hydrogen (secondary N) is 1. The largest absolute Gasteiger partial charge is 0.444 e. The summed E-state index contributed by atoms with van der Waals surface area (Å²) in [5, 5.41) is 6.24. The van der Waals surface area contributed by atoms with Crippen molar-refractivity contribution in [3.8, 4) is 0 Å². The highest BCUT2D eigenvalue weighted by Gasteiger charge is 2.17. The van der Waals surface area contributed by atoms with Crippen LogP contribution in [0.15, 0.2) is 16.9 Å². The van der Waals surface area contributed by atoms with Gasteiger partial charge in [-0.25, -0.2) is 4.79 Å². The number of alkyl carbamates (subject to hydrolysis) is 1. The highest BCUT2D eigenvalue weighted by Crippen LogP contribution is 2.08. The van der Waals surface area contributed by atoms with Gasteiger partial charge in [-0.2, -0.15) is 0 Å². The van der Waals surface area contributed by atoms with E-state index >= 15 is 0 Å². The second-order valence-electron chi connectivity index (χ2n) is 4.41. The summed E-state index contributed by atoms with van der Waals surface area (Å²) in [5.41, 5.74) is 5.84. The quantitative estimate of drug-likeness (QED) is 0.809. The lowest BCUT2D eigenvalue weighted by atomic mass is 10.2. The maximum absolute atomic E-state index is 11.3. The van der Waals surface area contributed by atoms with Crippen molar-refractivity contribution in [2.24, 2.45) is 5.73 Å². The van der Waals surface area contributed by atoms with E-state index in [9.17, 15) is 4.79 Å². The van der Waals surface area contributed by atoms with E-state index in [2.05, 4.69) is 15.0 Å². The van der Waals surface area contributed by atoms with E-state index in [1.807, 2.05) is 0 Å². The van der Waals surface area contributed by atoms with Crippen LogP contribution in [-0.4, -0.2) is 23.4 Å². The van der Waals surface area contributed by atoms with Gasteiger partial charge in [0.1, 0.15) is 17.6 Å². The molecule has 0 bridgehead atoms. The Balaban J connectivity index is 2.32. The number of carbonyl (C=O) groups excluding carboxylic acids is 1. The standard InChI is InChI=1S/C10H17N3O3/c1-10(2,3)16-9(14)12-6-7(11)8-4-5-15-13-8/h4-5,7H,6,11H2,1-3H3,(H,12,14). The zero-order valence-corrected chi connectivity index (χ0v) is 9.69. The molecule has 6 nitrogen and oxygen atoms in total. The second kappa shape index (κ2) is 4.98. The first-order valence-electron chi connectivity index (χ1n) is 5.01. The first-order valence-corrected chi connectivity index (χ1v) is 5.01. The lowest BCUT2D eigenvalue weighted by Gasteiger charge is -2.20. The van der Waals surface area contributed by atoms with Gasteiger partial charge in [-0.1, -0.05) is 5.16 Å². The summed E-state index contributed by atoms with van der Waals surface area (Å²) in [5.74, 6) is 0. The zero-order chi connectivity index (χ0) is 12.2. The van der Waals surface area contributed by atoms with E-state index in [0.29, 0.717) is 5.69 Å². The summed E-state index contributed by atoms with van der Waals surface area (Å²) in [6.07, 6.45) is 0.939. The molecule has 16 heavy (non-hydrogen) atoms. The number of amides is 1. The monoisotopic (exact) mass is 227 g/mol. The van der Waals surface area contributed by atoms with Crippen molar-refractivity contribution in [3.05, 3.63) is 18.0 Å². The molecule has 0 saturated heterocycles. The van der Waals surface area contributed by atoms with Gasteiger partial charge >= 0.3 is 6.09 Å². The summed E-state index contributed by atoms with van der Waals surface area (Å²) < 4.78 is 9.71. The molecule has 0 aliphatic rings. The van der Waals surface area contributed by atoms with Crippen molar-refractivity contribution in [1.82, 2.24) is 10.5 Å². The van der Waals surface area contributed by atoms with E-state index in [1.165, 1.54) is 6.26 Å². The summed E-state index contributed by atoms with van der Waals surface area (Å²) in [6, 6.07) is 1.26. The van der Waals surface area contributed by atoms with Crippen LogP contribution in [-0.2, 0) is 4.74 Å².